The number of aromatic nitrogens is 2. The van der Waals surface area contributed by atoms with Crippen LogP contribution < -0.4 is 4.90 Å². The first kappa shape index (κ1) is 9.90. The van der Waals surface area contributed by atoms with Crippen molar-refractivity contribution in [1.82, 2.24) is 9.97 Å². The average Bonchev–Trinajstić information content (AvgIpc) is 2.11. The first-order chi connectivity index (χ1) is 6.75. The van der Waals surface area contributed by atoms with E-state index < -0.39 is 0 Å². The highest BCUT2D eigenvalue weighted by molar-refractivity contribution is 9.10. The van der Waals surface area contributed by atoms with Crippen molar-refractivity contribution in [3.05, 3.63) is 17.0 Å². The second kappa shape index (κ2) is 4.26. The van der Waals surface area contributed by atoms with Crippen molar-refractivity contribution >= 4 is 21.7 Å². The van der Waals surface area contributed by atoms with Crippen LogP contribution in [-0.2, 0) is 0 Å². The van der Waals surface area contributed by atoms with Crippen molar-refractivity contribution in [2.75, 3.05) is 18.5 Å². The predicted molar refractivity (Wildman–Crippen MR) is 60.3 cm³/mol. The number of halogens is 1. The zero-order chi connectivity index (χ0) is 9.97. The van der Waals surface area contributed by atoms with Gasteiger partial charge < -0.3 is 4.90 Å². The molecule has 1 aliphatic rings. The molecular weight excluding hydrogens is 242 g/mol. The average molecular weight is 256 g/mol. The lowest BCUT2D eigenvalue weighted by Crippen LogP contribution is -2.29. The second-order valence-electron chi connectivity index (χ2n) is 3.88. The van der Waals surface area contributed by atoms with Crippen molar-refractivity contribution in [2.24, 2.45) is 5.92 Å². The summed E-state index contributed by atoms with van der Waals surface area (Å²) in [4.78, 5) is 10.5. The van der Waals surface area contributed by atoms with E-state index in [0.717, 1.165) is 22.9 Å². The fraction of sp³-hybridized carbons (Fsp3) is 0.600. The molecule has 0 aliphatic heterocycles. The molecule has 0 spiro atoms. The van der Waals surface area contributed by atoms with Gasteiger partial charge in [0.2, 0.25) is 0 Å². The summed E-state index contributed by atoms with van der Waals surface area (Å²) in [5, 5.41) is 0. The third kappa shape index (κ3) is 2.23. The Hall–Kier alpha value is -0.640. The Morgan fingerprint density at radius 2 is 2.29 bits per heavy atom. The smallest absolute Gasteiger partial charge is 0.132 e. The maximum atomic E-state index is 4.24. The minimum Gasteiger partial charge on any atom is -0.359 e. The van der Waals surface area contributed by atoms with Gasteiger partial charge in [-0.25, -0.2) is 9.97 Å². The molecule has 1 aromatic heterocycles. The normalized spacial score (nSPS) is 16.4. The highest BCUT2D eigenvalue weighted by Gasteiger charge is 2.19. The minimum atomic E-state index is 0.850. The van der Waals surface area contributed by atoms with Crippen LogP contribution in [0.5, 0.6) is 0 Å². The van der Waals surface area contributed by atoms with Gasteiger partial charge in [0.05, 0.1) is 0 Å². The van der Waals surface area contributed by atoms with E-state index in [1.54, 1.807) is 6.33 Å². The lowest BCUT2D eigenvalue weighted by molar-refractivity contribution is 0.321. The Labute approximate surface area is 92.7 Å². The quantitative estimate of drug-likeness (QED) is 0.778. The van der Waals surface area contributed by atoms with Crippen molar-refractivity contribution in [1.29, 1.82) is 0 Å². The van der Waals surface area contributed by atoms with Crippen LogP contribution >= 0.6 is 15.9 Å². The maximum Gasteiger partial charge on any atom is 0.132 e. The van der Waals surface area contributed by atoms with Gasteiger partial charge in [-0.05, 0) is 34.7 Å². The van der Waals surface area contributed by atoms with Gasteiger partial charge in [0, 0.05) is 19.7 Å². The van der Waals surface area contributed by atoms with E-state index in [1.165, 1.54) is 19.3 Å². The summed E-state index contributed by atoms with van der Waals surface area (Å²) in [5.74, 6) is 1.87. The molecule has 1 heterocycles. The molecule has 4 heteroatoms. The van der Waals surface area contributed by atoms with Gasteiger partial charge in [-0.15, -0.1) is 0 Å². The van der Waals surface area contributed by atoms with Crippen LogP contribution in [0.3, 0.4) is 0 Å². The van der Waals surface area contributed by atoms with Crippen LogP contribution in [-0.4, -0.2) is 23.6 Å². The molecule has 0 bridgehead atoms. The van der Waals surface area contributed by atoms with Gasteiger partial charge in [0.15, 0.2) is 0 Å². The van der Waals surface area contributed by atoms with Gasteiger partial charge in [-0.1, -0.05) is 6.42 Å². The van der Waals surface area contributed by atoms with E-state index in [0.29, 0.717) is 0 Å². The summed E-state index contributed by atoms with van der Waals surface area (Å²) in [6.45, 7) is 1.11. The molecule has 1 aromatic rings. The Bertz CT molecular complexity index is 312. The van der Waals surface area contributed by atoms with Crippen molar-refractivity contribution < 1.29 is 0 Å². The first-order valence-electron chi connectivity index (χ1n) is 4.94. The molecule has 0 amide bonds. The Morgan fingerprint density at radius 1 is 1.50 bits per heavy atom. The number of hydrogen-bond donors (Lipinski definition) is 0. The zero-order valence-corrected chi connectivity index (χ0v) is 9.87. The lowest BCUT2D eigenvalue weighted by Gasteiger charge is -2.30. The summed E-state index contributed by atoms with van der Waals surface area (Å²) in [7, 11) is 2.09. The van der Waals surface area contributed by atoms with Crippen LogP contribution in [0.2, 0.25) is 0 Å². The number of hydrogen-bond acceptors (Lipinski definition) is 3. The van der Waals surface area contributed by atoms with Crippen LogP contribution in [0.15, 0.2) is 17.0 Å². The largest absolute Gasteiger partial charge is 0.359 e. The number of anilines is 1. The fourth-order valence-corrected chi connectivity index (χ4v) is 1.99. The van der Waals surface area contributed by atoms with Crippen LogP contribution in [0, 0.1) is 5.92 Å². The number of rotatable bonds is 3. The lowest BCUT2D eigenvalue weighted by atomic mass is 9.85. The minimum absolute atomic E-state index is 0.850. The highest BCUT2D eigenvalue weighted by atomic mass is 79.9. The van der Waals surface area contributed by atoms with E-state index in [9.17, 15) is 0 Å². The van der Waals surface area contributed by atoms with Crippen molar-refractivity contribution in [3.8, 4) is 0 Å². The first-order valence-corrected chi connectivity index (χ1v) is 5.73. The fourth-order valence-electron chi connectivity index (χ4n) is 1.69. The van der Waals surface area contributed by atoms with Crippen LogP contribution in [0.1, 0.15) is 19.3 Å². The van der Waals surface area contributed by atoms with Gasteiger partial charge >= 0.3 is 0 Å². The summed E-state index contributed by atoms with van der Waals surface area (Å²) in [6, 6.07) is 1.96. The molecule has 1 fully saturated rings. The molecule has 0 saturated heterocycles. The molecule has 76 valence electrons. The zero-order valence-electron chi connectivity index (χ0n) is 8.28. The molecule has 1 saturated carbocycles. The predicted octanol–water partition coefficient (Wildman–Crippen LogP) is 2.48. The van der Waals surface area contributed by atoms with Gasteiger partial charge in [-0.3, -0.25) is 0 Å². The maximum absolute atomic E-state index is 4.24. The van der Waals surface area contributed by atoms with Gasteiger partial charge in [0.1, 0.15) is 16.7 Å². The van der Waals surface area contributed by atoms with Gasteiger partial charge in [0.25, 0.3) is 0 Å². The van der Waals surface area contributed by atoms with E-state index in [-0.39, 0.29) is 0 Å². The molecule has 3 nitrogen and oxygen atoms in total. The summed E-state index contributed by atoms with van der Waals surface area (Å²) in [6.07, 6.45) is 5.73. The topological polar surface area (TPSA) is 29.0 Å². The monoisotopic (exact) mass is 255 g/mol. The third-order valence-corrected chi connectivity index (χ3v) is 3.20. The van der Waals surface area contributed by atoms with E-state index >= 15 is 0 Å². The molecule has 0 atom stereocenters. The standard InChI is InChI=1S/C10H14BrN3/c1-14(6-8-3-2-4-8)10-5-9(11)12-7-13-10/h5,7-8H,2-4,6H2,1H3. The molecule has 0 aromatic carbocycles. The molecule has 2 rings (SSSR count). The Kier molecular flexibility index (Phi) is 3.01. The molecule has 0 radical (unpaired) electrons. The molecular formula is C10H14BrN3. The third-order valence-electron chi connectivity index (χ3n) is 2.77. The van der Waals surface area contributed by atoms with Crippen LogP contribution in [0.4, 0.5) is 5.82 Å². The number of nitrogens with zero attached hydrogens (tertiary/aromatic N) is 3. The van der Waals surface area contributed by atoms with E-state index in [1.807, 2.05) is 6.07 Å². The second-order valence-corrected chi connectivity index (χ2v) is 4.69. The summed E-state index contributed by atoms with van der Waals surface area (Å²) >= 11 is 3.35. The summed E-state index contributed by atoms with van der Waals surface area (Å²) in [5.41, 5.74) is 0. The van der Waals surface area contributed by atoms with Crippen LogP contribution in [0.25, 0.3) is 0 Å². The van der Waals surface area contributed by atoms with Crippen molar-refractivity contribution in [3.63, 3.8) is 0 Å². The summed E-state index contributed by atoms with van der Waals surface area (Å²) < 4.78 is 0.850. The Balaban J connectivity index is 1.98. The molecule has 0 N–H and O–H groups in total. The molecule has 0 unspecified atom stereocenters. The molecule has 14 heavy (non-hydrogen) atoms. The SMILES string of the molecule is CN(CC1CCC1)c1cc(Br)ncn1. The van der Waals surface area contributed by atoms with E-state index in [4.69, 9.17) is 0 Å². The molecule has 1 aliphatic carbocycles. The van der Waals surface area contributed by atoms with E-state index in [2.05, 4.69) is 37.8 Å². The Morgan fingerprint density at radius 3 is 2.86 bits per heavy atom. The van der Waals surface area contributed by atoms with Crippen molar-refractivity contribution in [2.45, 2.75) is 19.3 Å². The highest BCUT2D eigenvalue weighted by Crippen LogP contribution is 2.28. The van der Waals surface area contributed by atoms with Gasteiger partial charge in [-0.2, -0.15) is 0 Å².